The molecule has 2 N–H and O–H groups in total. The first-order valence-corrected chi connectivity index (χ1v) is 8.17. The minimum atomic E-state index is -0.584. The molecule has 0 bridgehead atoms. The minimum absolute atomic E-state index is 0.0581. The molecule has 3 rings (SSSR count). The molecule has 5 heteroatoms. The molecule has 1 aliphatic rings. The van der Waals surface area contributed by atoms with Crippen molar-refractivity contribution in [1.82, 2.24) is 4.98 Å². The molecule has 2 aromatic rings. The van der Waals surface area contributed by atoms with Crippen LogP contribution in [0.15, 0.2) is 23.6 Å². The molecule has 112 valence electrons. The Morgan fingerprint density at radius 2 is 1.67 bits per heavy atom. The molecule has 0 amide bonds. The van der Waals surface area contributed by atoms with Crippen LogP contribution in [0, 0.1) is 11.6 Å². The molecule has 1 aliphatic carbocycles. The Morgan fingerprint density at radius 1 is 1.05 bits per heavy atom. The van der Waals surface area contributed by atoms with Crippen molar-refractivity contribution in [2.45, 2.75) is 44.1 Å². The van der Waals surface area contributed by atoms with Gasteiger partial charge in [-0.1, -0.05) is 31.7 Å². The number of halogens is 2. The van der Waals surface area contributed by atoms with Gasteiger partial charge in [0.05, 0.1) is 16.8 Å². The van der Waals surface area contributed by atoms with Crippen LogP contribution in [0.1, 0.15) is 43.5 Å². The summed E-state index contributed by atoms with van der Waals surface area (Å²) >= 11 is 1.41. The monoisotopic (exact) mass is 308 g/mol. The highest BCUT2D eigenvalue weighted by Gasteiger charge is 2.31. The smallest absolute Gasteiger partial charge is 0.135 e. The summed E-state index contributed by atoms with van der Waals surface area (Å²) in [7, 11) is 0. The summed E-state index contributed by atoms with van der Waals surface area (Å²) in [4.78, 5) is 4.45. The molecule has 1 saturated carbocycles. The first-order valence-electron chi connectivity index (χ1n) is 7.29. The Bertz CT molecular complexity index is 611. The van der Waals surface area contributed by atoms with Gasteiger partial charge in [0, 0.05) is 5.38 Å². The van der Waals surface area contributed by atoms with E-state index in [-0.39, 0.29) is 5.56 Å². The van der Waals surface area contributed by atoms with E-state index in [0.717, 1.165) is 30.7 Å². The van der Waals surface area contributed by atoms with Gasteiger partial charge in [-0.2, -0.15) is 0 Å². The van der Waals surface area contributed by atoms with Crippen LogP contribution in [0.2, 0.25) is 0 Å². The zero-order chi connectivity index (χ0) is 14.9. The zero-order valence-electron chi connectivity index (χ0n) is 11.7. The lowest BCUT2D eigenvalue weighted by Gasteiger charge is -2.25. The summed E-state index contributed by atoms with van der Waals surface area (Å²) in [5.41, 5.74) is 6.35. The van der Waals surface area contributed by atoms with Crippen LogP contribution in [0.3, 0.4) is 0 Å². The first-order chi connectivity index (χ1) is 10.1. The van der Waals surface area contributed by atoms with Gasteiger partial charge in [-0.15, -0.1) is 11.3 Å². The van der Waals surface area contributed by atoms with Crippen LogP contribution in [0.5, 0.6) is 0 Å². The summed E-state index contributed by atoms with van der Waals surface area (Å²) in [6.45, 7) is 0. The Balaban J connectivity index is 1.96. The fourth-order valence-corrected chi connectivity index (χ4v) is 3.92. The van der Waals surface area contributed by atoms with Crippen LogP contribution >= 0.6 is 11.3 Å². The molecule has 0 radical (unpaired) electrons. The largest absolute Gasteiger partial charge is 0.319 e. The van der Waals surface area contributed by atoms with Crippen LogP contribution in [-0.4, -0.2) is 4.98 Å². The van der Waals surface area contributed by atoms with E-state index in [9.17, 15) is 8.78 Å². The van der Waals surface area contributed by atoms with Gasteiger partial charge >= 0.3 is 0 Å². The molecule has 2 nitrogen and oxygen atoms in total. The van der Waals surface area contributed by atoms with E-state index in [0.29, 0.717) is 5.69 Å². The van der Waals surface area contributed by atoms with Crippen LogP contribution in [0.4, 0.5) is 8.78 Å². The van der Waals surface area contributed by atoms with E-state index in [2.05, 4.69) is 4.98 Å². The predicted octanol–water partition coefficient (Wildman–Crippen LogP) is 4.60. The van der Waals surface area contributed by atoms with Crippen molar-refractivity contribution >= 4 is 11.3 Å². The van der Waals surface area contributed by atoms with E-state index in [1.54, 1.807) is 5.38 Å². The van der Waals surface area contributed by atoms with Gasteiger partial charge in [-0.25, -0.2) is 13.8 Å². The molecule has 1 aromatic carbocycles. The van der Waals surface area contributed by atoms with Crippen molar-refractivity contribution < 1.29 is 8.78 Å². The van der Waals surface area contributed by atoms with Crippen LogP contribution in [0.25, 0.3) is 11.3 Å². The van der Waals surface area contributed by atoms with Crippen molar-refractivity contribution in [1.29, 1.82) is 0 Å². The molecular weight excluding hydrogens is 290 g/mol. The molecule has 0 unspecified atom stereocenters. The molecule has 21 heavy (non-hydrogen) atoms. The summed E-state index contributed by atoms with van der Waals surface area (Å²) in [5, 5.41) is 2.50. The number of hydrogen-bond acceptors (Lipinski definition) is 3. The number of nitrogens with two attached hydrogens (primary N) is 1. The van der Waals surface area contributed by atoms with Gasteiger partial charge in [-0.3, -0.25) is 0 Å². The molecule has 1 fully saturated rings. The van der Waals surface area contributed by atoms with Crippen molar-refractivity contribution in [2.24, 2.45) is 5.73 Å². The third-order valence-electron chi connectivity index (χ3n) is 4.14. The molecule has 0 spiro atoms. The Kier molecular flexibility index (Phi) is 4.04. The lowest BCUT2D eigenvalue weighted by Crippen LogP contribution is -2.35. The van der Waals surface area contributed by atoms with Gasteiger partial charge in [-0.05, 0) is 25.0 Å². The highest BCUT2D eigenvalue weighted by molar-refractivity contribution is 7.10. The number of benzene rings is 1. The van der Waals surface area contributed by atoms with Gasteiger partial charge in [0.2, 0.25) is 0 Å². The van der Waals surface area contributed by atoms with Crippen molar-refractivity contribution in [2.75, 3.05) is 0 Å². The standard InChI is InChI=1S/C16H18F2N2S/c17-11-6-5-7-12(18)14(11)13-10-21-15(20-13)16(19)8-3-1-2-4-9-16/h5-7,10H,1-4,8-9,19H2. The number of hydrogen-bond donors (Lipinski definition) is 1. The third kappa shape index (κ3) is 2.85. The average Bonchev–Trinajstić information content (AvgIpc) is 2.83. The van der Waals surface area contributed by atoms with Gasteiger partial charge < -0.3 is 5.73 Å². The molecule has 0 atom stereocenters. The first kappa shape index (κ1) is 14.6. The Hall–Kier alpha value is -1.33. The van der Waals surface area contributed by atoms with E-state index in [4.69, 9.17) is 5.73 Å². The Labute approximate surface area is 127 Å². The van der Waals surface area contributed by atoms with E-state index < -0.39 is 17.2 Å². The molecular formula is C16H18F2N2S. The fraction of sp³-hybridized carbons (Fsp3) is 0.438. The molecule has 0 aliphatic heterocycles. The second-order valence-corrected chi connectivity index (χ2v) is 6.56. The van der Waals surface area contributed by atoms with Crippen molar-refractivity contribution in [3.63, 3.8) is 0 Å². The summed E-state index contributed by atoms with van der Waals surface area (Å²) < 4.78 is 27.7. The zero-order valence-corrected chi connectivity index (χ0v) is 12.6. The lowest BCUT2D eigenvalue weighted by atomic mass is 9.92. The normalized spacial score (nSPS) is 18.4. The maximum Gasteiger partial charge on any atom is 0.135 e. The quantitative estimate of drug-likeness (QED) is 0.824. The summed E-state index contributed by atoms with van der Waals surface area (Å²) in [6, 6.07) is 3.86. The van der Waals surface area contributed by atoms with Crippen molar-refractivity contribution in [3.8, 4) is 11.3 Å². The van der Waals surface area contributed by atoms with Gasteiger partial charge in [0.25, 0.3) is 0 Å². The number of aromatic nitrogens is 1. The predicted molar refractivity (Wildman–Crippen MR) is 81.0 cm³/mol. The van der Waals surface area contributed by atoms with E-state index in [1.807, 2.05) is 0 Å². The second kappa shape index (κ2) is 5.81. The molecule has 1 aromatic heterocycles. The van der Waals surface area contributed by atoms with Gasteiger partial charge in [0.1, 0.15) is 16.6 Å². The number of nitrogens with zero attached hydrogens (tertiary/aromatic N) is 1. The highest BCUT2D eigenvalue weighted by atomic mass is 32.1. The Morgan fingerprint density at radius 3 is 2.29 bits per heavy atom. The van der Waals surface area contributed by atoms with Crippen LogP contribution in [-0.2, 0) is 5.54 Å². The fourth-order valence-electron chi connectivity index (χ4n) is 2.93. The van der Waals surface area contributed by atoms with E-state index >= 15 is 0 Å². The average molecular weight is 308 g/mol. The molecule has 1 heterocycles. The number of rotatable bonds is 2. The van der Waals surface area contributed by atoms with E-state index in [1.165, 1.54) is 42.4 Å². The SMILES string of the molecule is NC1(c2nc(-c3c(F)cccc3F)cs2)CCCCCC1. The lowest BCUT2D eigenvalue weighted by molar-refractivity contribution is 0.384. The van der Waals surface area contributed by atoms with Crippen molar-refractivity contribution in [3.05, 3.63) is 40.2 Å². The van der Waals surface area contributed by atoms with Gasteiger partial charge in [0.15, 0.2) is 0 Å². The van der Waals surface area contributed by atoms with Crippen LogP contribution < -0.4 is 5.73 Å². The maximum atomic E-state index is 13.8. The highest BCUT2D eigenvalue weighted by Crippen LogP contribution is 2.37. The topological polar surface area (TPSA) is 38.9 Å². The summed E-state index contributed by atoms with van der Waals surface area (Å²) in [6.07, 6.45) is 6.33. The minimum Gasteiger partial charge on any atom is -0.319 e. The maximum absolute atomic E-state index is 13.8. The number of thiazole rings is 1. The second-order valence-electron chi connectivity index (χ2n) is 5.70. The molecule has 0 saturated heterocycles. The third-order valence-corrected chi connectivity index (χ3v) is 5.21. The summed E-state index contributed by atoms with van der Waals surface area (Å²) in [5.74, 6) is -1.17.